The molecule has 0 unspecified atom stereocenters. The van der Waals surface area contributed by atoms with Crippen molar-refractivity contribution in [3.8, 4) is 11.4 Å². The van der Waals surface area contributed by atoms with Gasteiger partial charge in [0, 0.05) is 18.5 Å². The van der Waals surface area contributed by atoms with Crippen molar-refractivity contribution in [2.75, 3.05) is 6.54 Å². The fourth-order valence-electron chi connectivity index (χ4n) is 2.60. The Hall–Kier alpha value is -2.51. The molecule has 0 bridgehead atoms. The molecule has 1 aromatic heterocycles. The lowest BCUT2D eigenvalue weighted by Gasteiger charge is -2.10. The van der Waals surface area contributed by atoms with Crippen molar-refractivity contribution in [1.29, 1.82) is 0 Å². The Balaban J connectivity index is 1.79. The Bertz CT molecular complexity index is 982. The second-order valence-corrected chi connectivity index (χ2v) is 7.71. The Morgan fingerprint density at radius 1 is 1.12 bits per heavy atom. The van der Waals surface area contributed by atoms with Gasteiger partial charge in [-0.25, -0.2) is 13.1 Å². The first-order valence-electron chi connectivity index (χ1n) is 8.47. The molecule has 0 aliphatic carbocycles. The van der Waals surface area contributed by atoms with Gasteiger partial charge in [-0.15, -0.1) is 0 Å². The minimum Gasteiger partial charge on any atom is -0.339 e. The Kier molecular flexibility index (Phi) is 5.49. The average Bonchev–Trinajstić information content (AvgIpc) is 3.12. The highest BCUT2D eigenvalue weighted by Gasteiger charge is 2.18. The molecular weight excluding hydrogens is 350 g/mol. The summed E-state index contributed by atoms with van der Waals surface area (Å²) in [5, 5.41) is 3.91. The zero-order valence-corrected chi connectivity index (χ0v) is 15.6. The van der Waals surface area contributed by atoms with Crippen LogP contribution in [-0.4, -0.2) is 25.1 Å². The van der Waals surface area contributed by atoms with E-state index in [1.54, 1.807) is 25.1 Å². The van der Waals surface area contributed by atoms with Gasteiger partial charge < -0.3 is 4.52 Å². The van der Waals surface area contributed by atoms with Crippen molar-refractivity contribution in [3.63, 3.8) is 0 Å². The van der Waals surface area contributed by atoms with Crippen LogP contribution in [0.1, 0.15) is 23.9 Å². The molecule has 0 fully saturated rings. The van der Waals surface area contributed by atoms with E-state index in [2.05, 4.69) is 14.9 Å². The number of hydrogen-bond acceptors (Lipinski definition) is 5. The van der Waals surface area contributed by atoms with Crippen LogP contribution in [0.2, 0.25) is 0 Å². The molecule has 0 saturated carbocycles. The fourth-order valence-corrected chi connectivity index (χ4v) is 3.90. The van der Waals surface area contributed by atoms with Gasteiger partial charge in [0.15, 0.2) is 0 Å². The van der Waals surface area contributed by atoms with Gasteiger partial charge in [0.25, 0.3) is 0 Å². The lowest BCUT2D eigenvalue weighted by molar-refractivity contribution is 0.383. The maximum absolute atomic E-state index is 12.7. The Labute approximate surface area is 153 Å². The average molecular weight is 371 g/mol. The van der Waals surface area contributed by atoms with Gasteiger partial charge in [-0.3, -0.25) is 0 Å². The molecule has 6 nitrogen and oxygen atoms in total. The summed E-state index contributed by atoms with van der Waals surface area (Å²) in [5.74, 6) is 0.911. The number of sulfonamides is 1. The highest BCUT2D eigenvalue weighted by atomic mass is 32.2. The largest absolute Gasteiger partial charge is 0.339 e. The Morgan fingerprint density at radius 3 is 2.58 bits per heavy atom. The van der Waals surface area contributed by atoms with E-state index in [-0.39, 0.29) is 4.90 Å². The van der Waals surface area contributed by atoms with Crippen LogP contribution in [0.5, 0.6) is 0 Å². The van der Waals surface area contributed by atoms with E-state index in [0.717, 1.165) is 5.56 Å². The summed E-state index contributed by atoms with van der Waals surface area (Å²) in [6.07, 6.45) is 1.26. The van der Waals surface area contributed by atoms with E-state index in [1.807, 2.05) is 37.3 Å². The van der Waals surface area contributed by atoms with E-state index < -0.39 is 10.0 Å². The second kappa shape index (κ2) is 7.80. The zero-order valence-electron chi connectivity index (χ0n) is 14.8. The molecule has 2 aromatic carbocycles. The van der Waals surface area contributed by atoms with E-state index in [0.29, 0.717) is 42.2 Å². The van der Waals surface area contributed by atoms with Crippen LogP contribution in [0.4, 0.5) is 0 Å². The normalized spacial score (nSPS) is 11.6. The van der Waals surface area contributed by atoms with Crippen LogP contribution >= 0.6 is 0 Å². The van der Waals surface area contributed by atoms with Crippen LogP contribution in [0.25, 0.3) is 11.4 Å². The van der Waals surface area contributed by atoms with Crippen LogP contribution in [-0.2, 0) is 22.9 Å². The van der Waals surface area contributed by atoms with Gasteiger partial charge in [-0.2, -0.15) is 4.98 Å². The highest BCUT2D eigenvalue weighted by molar-refractivity contribution is 7.89. The van der Waals surface area contributed by atoms with Gasteiger partial charge in [-0.1, -0.05) is 54.5 Å². The molecule has 0 spiro atoms. The van der Waals surface area contributed by atoms with E-state index in [1.165, 1.54) is 0 Å². The predicted octanol–water partition coefficient (Wildman–Crippen LogP) is 3.13. The number of nitrogens with one attached hydrogen (secondary N) is 1. The third-order valence-electron chi connectivity index (χ3n) is 4.05. The predicted molar refractivity (Wildman–Crippen MR) is 99.2 cm³/mol. The molecule has 0 saturated heterocycles. The quantitative estimate of drug-likeness (QED) is 0.690. The van der Waals surface area contributed by atoms with Gasteiger partial charge >= 0.3 is 0 Å². The van der Waals surface area contributed by atoms with Crippen molar-refractivity contribution >= 4 is 10.0 Å². The molecule has 0 atom stereocenters. The number of aryl methyl sites for hydroxylation is 2. The van der Waals surface area contributed by atoms with Crippen molar-refractivity contribution in [2.45, 2.75) is 31.6 Å². The molecule has 3 aromatic rings. The summed E-state index contributed by atoms with van der Waals surface area (Å²) in [6.45, 7) is 4.01. The second-order valence-electron chi connectivity index (χ2n) is 5.98. The van der Waals surface area contributed by atoms with E-state index >= 15 is 0 Å². The van der Waals surface area contributed by atoms with Crippen molar-refractivity contribution in [1.82, 2.24) is 14.9 Å². The zero-order chi connectivity index (χ0) is 18.6. The van der Waals surface area contributed by atoms with Crippen LogP contribution in [0, 0.1) is 6.92 Å². The molecule has 0 aliphatic heterocycles. The number of rotatable bonds is 7. The third-order valence-corrected chi connectivity index (χ3v) is 5.66. The SMILES string of the molecule is CCc1nc(-c2ccc(C)c(S(=O)(=O)NCCc3ccccc3)c2)no1. The molecule has 1 N–H and O–H groups in total. The number of aromatic nitrogens is 2. The van der Waals surface area contributed by atoms with Gasteiger partial charge in [0.05, 0.1) is 4.90 Å². The van der Waals surface area contributed by atoms with E-state index in [4.69, 9.17) is 4.52 Å². The summed E-state index contributed by atoms with van der Waals surface area (Å²) < 4.78 is 33.2. The van der Waals surface area contributed by atoms with Crippen molar-refractivity contribution in [2.24, 2.45) is 0 Å². The highest BCUT2D eigenvalue weighted by Crippen LogP contribution is 2.23. The van der Waals surface area contributed by atoms with Gasteiger partial charge in [-0.05, 0) is 30.5 Å². The van der Waals surface area contributed by atoms with Crippen LogP contribution in [0.15, 0.2) is 57.9 Å². The van der Waals surface area contributed by atoms with Crippen molar-refractivity contribution in [3.05, 3.63) is 65.5 Å². The van der Waals surface area contributed by atoms with Gasteiger partial charge in [0.1, 0.15) is 0 Å². The first-order valence-corrected chi connectivity index (χ1v) is 9.95. The summed E-state index contributed by atoms with van der Waals surface area (Å²) in [7, 11) is -3.63. The van der Waals surface area contributed by atoms with E-state index in [9.17, 15) is 8.42 Å². The lowest BCUT2D eigenvalue weighted by Crippen LogP contribution is -2.26. The molecule has 136 valence electrons. The molecular formula is C19H21N3O3S. The first-order chi connectivity index (χ1) is 12.5. The summed E-state index contributed by atoms with van der Waals surface area (Å²) in [4.78, 5) is 4.49. The standard InChI is InChI=1S/C19H21N3O3S/c1-3-18-21-19(22-25-18)16-10-9-14(2)17(13-16)26(23,24)20-12-11-15-7-5-4-6-8-15/h4-10,13,20H,3,11-12H2,1-2H3. The molecule has 1 heterocycles. The molecule has 0 aliphatic rings. The number of benzene rings is 2. The smallest absolute Gasteiger partial charge is 0.240 e. The minimum absolute atomic E-state index is 0.228. The molecule has 26 heavy (non-hydrogen) atoms. The summed E-state index contributed by atoms with van der Waals surface area (Å²) in [5.41, 5.74) is 2.36. The Morgan fingerprint density at radius 2 is 1.88 bits per heavy atom. The molecule has 0 radical (unpaired) electrons. The fraction of sp³-hybridized carbons (Fsp3) is 0.263. The third kappa shape index (κ3) is 4.17. The van der Waals surface area contributed by atoms with Gasteiger partial charge in [0.2, 0.25) is 21.7 Å². The molecule has 3 rings (SSSR count). The molecule has 7 heteroatoms. The maximum Gasteiger partial charge on any atom is 0.240 e. The lowest BCUT2D eigenvalue weighted by atomic mass is 10.1. The number of nitrogens with zero attached hydrogens (tertiary/aromatic N) is 2. The van der Waals surface area contributed by atoms with Crippen LogP contribution in [0.3, 0.4) is 0 Å². The minimum atomic E-state index is -3.63. The van der Waals surface area contributed by atoms with Crippen LogP contribution < -0.4 is 4.72 Å². The maximum atomic E-state index is 12.7. The topological polar surface area (TPSA) is 85.1 Å². The van der Waals surface area contributed by atoms with Crippen molar-refractivity contribution < 1.29 is 12.9 Å². The summed E-state index contributed by atoms with van der Waals surface area (Å²) >= 11 is 0. The monoisotopic (exact) mass is 371 g/mol. The molecule has 0 amide bonds. The number of hydrogen-bond donors (Lipinski definition) is 1. The first kappa shape index (κ1) is 18.3. The summed E-state index contributed by atoms with van der Waals surface area (Å²) in [6, 6.07) is 14.9.